The molecule has 0 aliphatic heterocycles. The van der Waals surface area contributed by atoms with E-state index in [4.69, 9.17) is 11.6 Å². The van der Waals surface area contributed by atoms with E-state index in [1.807, 2.05) is 24.3 Å². The highest BCUT2D eigenvalue weighted by molar-refractivity contribution is 6.37. The van der Waals surface area contributed by atoms with E-state index in [1.165, 1.54) is 0 Å². The number of pyridine rings is 1. The van der Waals surface area contributed by atoms with Gasteiger partial charge in [-0.2, -0.15) is 0 Å². The van der Waals surface area contributed by atoms with Gasteiger partial charge in [0.05, 0.1) is 16.1 Å². The minimum absolute atomic E-state index is 0.0477. The zero-order valence-corrected chi connectivity index (χ0v) is 10.9. The van der Waals surface area contributed by atoms with E-state index in [0.717, 1.165) is 23.7 Å². The number of benzene rings is 1. The van der Waals surface area contributed by atoms with Crippen LogP contribution < -0.4 is 5.56 Å². The van der Waals surface area contributed by atoms with Gasteiger partial charge in [0.25, 0.3) is 5.56 Å². The summed E-state index contributed by atoms with van der Waals surface area (Å²) in [5.41, 5.74) is 0.528. The minimum atomic E-state index is -0.304. The first-order valence-corrected chi connectivity index (χ1v) is 6.34. The van der Waals surface area contributed by atoms with Crippen molar-refractivity contribution < 1.29 is 4.79 Å². The standard InChI is InChI=1S/C14H14ClNO2/c1-2-3-8-16-12-7-5-4-6-10(12)13(15)11(9-17)14(16)18/h4-7,9H,2-3,8H2,1H3. The van der Waals surface area contributed by atoms with Crippen LogP contribution in [0.1, 0.15) is 30.1 Å². The number of nitrogens with zero attached hydrogens (tertiary/aromatic N) is 1. The summed E-state index contributed by atoms with van der Waals surface area (Å²) < 4.78 is 1.63. The number of fused-ring (bicyclic) bond motifs is 1. The van der Waals surface area contributed by atoms with Crippen molar-refractivity contribution >= 4 is 28.8 Å². The third-order valence-electron chi connectivity index (χ3n) is 3.00. The van der Waals surface area contributed by atoms with Crippen molar-refractivity contribution in [2.45, 2.75) is 26.3 Å². The van der Waals surface area contributed by atoms with Crippen LogP contribution in [0.5, 0.6) is 0 Å². The summed E-state index contributed by atoms with van der Waals surface area (Å²) in [5.74, 6) is 0. The van der Waals surface area contributed by atoms with E-state index >= 15 is 0 Å². The Morgan fingerprint density at radius 2 is 2.06 bits per heavy atom. The average molecular weight is 264 g/mol. The Bertz CT molecular complexity index is 646. The molecule has 0 amide bonds. The molecule has 1 aromatic heterocycles. The number of carbonyl (C=O) groups is 1. The Morgan fingerprint density at radius 1 is 1.33 bits per heavy atom. The topological polar surface area (TPSA) is 39.1 Å². The molecule has 0 unspecified atom stereocenters. The fourth-order valence-electron chi connectivity index (χ4n) is 2.03. The molecule has 1 aromatic carbocycles. The highest BCUT2D eigenvalue weighted by Crippen LogP contribution is 2.24. The number of unbranched alkanes of at least 4 members (excludes halogenated alkanes) is 1. The lowest BCUT2D eigenvalue weighted by Crippen LogP contribution is -2.24. The maximum atomic E-state index is 12.2. The predicted molar refractivity (Wildman–Crippen MR) is 73.5 cm³/mol. The van der Waals surface area contributed by atoms with Crippen molar-refractivity contribution in [3.05, 3.63) is 45.2 Å². The Labute approximate surface area is 110 Å². The third-order valence-corrected chi connectivity index (χ3v) is 3.40. The van der Waals surface area contributed by atoms with Gasteiger partial charge in [0, 0.05) is 11.9 Å². The summed E-state index contributed by atoms with van der Waals surface area (Å²) >= 11 is 6.11. The number of para-hydroxylation sites is 1. The van der Waals surface area contributed by atoms with Crippen LogP contribution in [0.4, 0.5) is 0 Å². The highest BCUT2D eigenvalue weighted by Gasteiger charge is 2.13. The number of aryl methyl sites for hydroxylation is 1. The van der Waals surface area contributed by atoms with Gasteiger partial charge in [-0.1, -0.05) is 43.1 Å². The molecule has 0 atom stereocenters. The average Bonchev–Trinajstić information content (AvgIpc) is 2.39. The Morgan fingerprint density at radius 3 is 2.72 bits per heavy atom. The highest BCUT2D eigenvalue weighted by atomic mass is 35.5. The summed E-state index contributed by atoms with van der Waals surface area (Å²) in [5, 5.41) is 0.996. The molecule has 0 saturated heterocycles. The van der Waals surface area contributed by atoms with Crippen LogP contribution in [0, 0.1) is 0 Å². The summed E-state index contributed by atoms with van der Waals surface area (Å²) in [6.45, 7) is 2.66. The Balaban J connectivity index is 2.81. The predicted octanol–water partition coefficient (Wildman–Crippen LogP) is 3.27. The molecule has 0 aliphatic carbocycles. The van der Waals surface area contributed by atoms with Crippen molar-refractivity contribution in [2.75, 3.05) is 0 Å². The zero-order chi connectivity index (χ0) is 13.1. The summed E-state index contributed by atoms with van der Waals surface area (Å²) in [4.78, 5) is 23.2. The number of carbonyl (C=O) groups excluding carboxylic acids is 1. The molecule has 0 fully saturated rings. The molecule has 0 spiro atoms. The van der Waals surface area contributed by atoms with Crippen LogP contribution in [0.3, 0.4) is 0 Å². The first kappa shape index (κ1) is 12.8. The van der Waals surface area contributed by atoms with Crippen LogP contribution in [-0.4, -0.2) is 10.9 Å². The van der Waals surface area contributed by atoms with E-state index in [1.54, 1.807) is 4.57 Å². The third kappa shape index (κ3) is 2.06. The second-order valence-corrected chi connectivity index (χ2v) is 4.55. The fraction of sp³-hybridized carbons (Fsp3) is 0.286. The van der Waals surface area contributed by atoms with Crippen molar-refractivity contribution in [1.82, 2.24) is 4.57 Å². The smallest absolute Gasteiger partial charge is 0.263 e. The normalized spacial score (nSPS) is 10.8. The van der Waals surface area contributed by atoms with E-state index in [2.05, 4.69) is 6.92 Å². The number of halogens is 1. The summed E-state index contributed by atoms with van der Waals surface area (Å²) in [6, 6.07) is 7.39. The molecule has 4 heteroatoms. The molecule has 3 nitrogen and oxygen atoms in total. The lowest BCUT2D eigenvalue weighted by atomic mass is 10.1. The van der Waals surface area contributed by atoms with Crippen LogP contribution in [0.15, 0.2) is 29.1 Å². The number of rotatable bonds is 4. The second-order valence-electron chi connectivity index (χ2n) is 4.17. The molecular weight excluding hydrogens is 250 g/mol. The minimum Gasteiger partial charge on any atom is -0.308 e. The van der Waals surface area contributed by atoms with Gasteiger partial charge in [0.1, 0.15) is 0 Å². The van der Waals surface area contributed by atoms with Crippen LogP contribution in [-0.2, 0) is 6.54 Å². The van der Waals surface area contributed by atoms with Crippen molar-refractivity contribution in [1.29, 1.82) is 0 Å². The van der Waals surface area contributed by atoms with Crippen LogP contribution in [0.25, 0.3) is 10.9 Å². The lowest BCUT2D eigenvalue weighted by Gasteiger charge is -2.12. The van der Waals surface area contributed by atoms with Crippen LogP contribution >= 0.6 is 11.6 Å². The maximum absolute atomic E-state index is 12.2. The van der Waals surface area contributed by atoms with Gasteiger partial charge in [0.15, 0.2) is 6.29 Å². The molecule has 0 radical (unpaired) electrons. The first-order valence-electron chi connectivity index (χ1n) is 5.97. The Hall–Kier alpha value is -1.61. The number of aldehydes is 1. The van der Waals surface area contributed by atoms with Crippen molar-refractivity contribution in [2.24, 2.45) is 0 Å². The van der Waals surface area contributed by atoms with E-state index in [0.29, 0.717) is 12.8 Å². The first-order chi connectivity index (χ1) is 8.70. The molecule has 2 aromatic rings. The number of hydrogen-bond donors (Lipinski definition) is 0. The van der Waals surface area contributed by atoms with E-state index in [9.17, 15) is 9.59 Å². The largest absolute Gasteiger partial charge is 0.308 e. The number of aromatic nitrogens is 1. The molecule has 94 valence electrons. The molecule has 0 saturated carbocycles. The summed E-state index contributed by atoms with van der Waals surface area (Å²) in [6.07, 6.45) is 2.42. The lowest BCUT2D eigenvalue weighted by molar-refractivity contribution is 0.112. The summed E-state index contributed by atoms with van der Waals surface area (Å²) in [7, 11) is 0. The Kier molecular flexibility index (Phi) is 3.82. The second kappa shape index (κ2) is 5.36. The van der Waals surface area contributed by atoms with Gasteiger partial charge < -0.3 is 4.57 Å². The zero-order valence-electron chi connectivity index (χ0n) is 10.1. The van der Waals surface area contributed by atoms with Crippen molar-refractivity contribution in [3.8, 4) is 0 Å². The quantitative estimate of drug-likeness (QED) is 0.794. The molecule has 2 rings (SSSR count). The molecule has 0 bridgehead atoms. The van der Waals surface area contributed by atoms with Gasteiger partial charge >= 0.3 is 0 Å². The van der Waals surface area contributed by atoms with Gasteiger partial charge in [-0.15, -0.1) is 0 Å². The van der Waals surface area contributed by atoms with Gasteiger partial charge in [-0.3, -0.25) is 9.59 Å². The molecule has 0 aliphatic rings. The van der Waals surface area contributed by atoms with Crippen molar-refractivity contribution in [3.63, 3.8) is 0 Å². The fourth-order valence-corrected chi connectivity index (χ4v) is 2.31. The van der Waals surface area contributed by atoms with E-state index in [-0.39, 0.29) is 16.1 Å². The molecule has 18 heavy (non-hydrogen) atoms. The molecule has 0 N–H and O–H groups in total. The monoisotopic (exact) mass is 263 g/mol. The van der Waals surface area contributed by atoms with Gasteiger partial charge in [0.2, 0.25) is 0 Å². The van der Waals surface area contributed by atoms with Gasteiger partial charge in [-0.25, -0.2) is 0 Å². The SMILES string of the molecule is CCCCn1c(=O)c(C=O)c(Cl)c2ccccc21. The number of hydrogen-bond acceptors (Lipinski definition) is 2. The maximum Gasteiger partial charge on any atom is 0.263 e. The molecule has 1 heterocycles. The van der Waals surface area contributed by atoms with Crippen LogP contribution in [0.2, 0.25) is 5.02 Å². The van der Waals surface area contributed by atoms with E-state index < -0.39 is 0 Å². The van der Waals surface area contributed by atoms with Gasteiger partial charge in [-0.05, 0) is 12.5 Å². The molecular formula is C14H14ClNO2.